The Balaban J connectivity index is 0.00000529. The zero-order valence-electron chi connectivity index (χ0n) is 14.2. The molecule has 0 radical (unpaired) electrons. The van der Waals surface area contributed by atoms with Crippen LogP contribution < -0.4 is 15.4 Å². The van der Waals surface area contributed by atoms with E-state index in [9.17, 15) is 9.59 Å². The van der Waals surface area contributed by atoms with Crippen molar-refractivity contribution in [1.82, 2.24) is 10.2 Å². The molecule has 2 N–H and O–H groups in total. The molecule has 24 heavy (non-hydrogen) atoms. The smallest absolute Gasteiger partial charge is 0.260 e. The SMILES string of the molecule is CCN(CC)C(=O)COc1ccc(NC(=O)CCNC)cc1Cl.Cl. The van der Waals surface area contributed by atoms with E-state index in [0.717, 1.165) is 0 Å². The van der Waals surface area contributed by atoms with Crippen molar-refractivity contribution >= 4 is 41.5 Å². The average Bonchev–Trinajstić information content (AvgIpc) is 2.53. The number of nitrogens with zero attached hydrogens (tertiary/aromatic N) is 1. The van der Waals surface area contributed by atoms with Gasteiger partial charge < -0.3 is 20.3 Å². The van der Waals surface area contributed by atoms with Crippen molar-refractivity contribution in [1.29, 1.82) is 0 Å². The number of carbonyl (C=O) groups excluding carboxylic acids is 2. The molecular formula is C16H25Cl2N3O3. The van der Waals surface area contributed by atoms with E-state index >= 15 is 0 Å². The van der Waals surface area contributed by atoms with Gasteiger partial charge in [-0.2, -0.15) is 0 Å². The number of halogens is 2. The summed E-state index contributed by atoms with van der Waals surface area (Å²) >= 11 is 6.13. The van der Waals surface area contributed by atoms with Gasteiger partial charge in [0, 0.05) is 31.7 Å². The lowest BCUT2D eigenvalue weighted by Crippen LogP contribution is -2.34. The molecule has 8 heteroatoms. The monoisotopic (exact) mass is 377 g/mol. The Morgan fingerprint density at radius 1 is 1.25 bits per heavy atom. The molecule has 0 spiro atoms. The maximum absolute atomic E-state index is 11.9. The van der Waals surface area contributed by atoms with Gasteiger partial charge in [0.1, 0.15) is 5.75 Å². The molecule has 0 aliphatic rings. The van der Waals surface area contributed by atoms with Crippen molar-refractivity contribution in [2.45, 2.75) is 20.3 Å². The average molecular weight is 378 g/mol. The van der Waals surface area contributed by atoms with Gasteiger partial charge >= 0.3 is 0 Å². The Kier molecular flexibility index (Phi) is 11.2. The number of ether oxygens (including phenoxy) is 1. The van der Waals surface area contributed by atoms with E-state index in [2.05, 4.69) is 10.6 Å². The lowest BCUT2D eigenvalue weighted by molar-refractivity contribution is -0.133. The molecule has 0 fully saturated rings. The minimum Gasteiger partial charge on any atom is -0.482 e. The summed E-state index contributed by atoms with van der Waals surface area (Å²) in [5.74, 6) is 0.233. The van der Waals surface area contributed by atoms with Crippen molar-refractivity contribution in [3.05, 3.63) is 23.2 Å². The van der Waals surface area contributed by atoms with Crippen LogP contribution in [0.2, 0.25) is 5.02 Å². The van der Waals surface area contributed by atoms with Gasteiger partial charge in [0.05, 0.1) is 5.02 Å². The second-order valence-corrected chi connectivity index (χ2v) is 5.31. The first-order valence-corrected chi connectivity index (χ1v) is 8.04. The zero-order chi connectivity index (χ0) is 17.2. The summed E-state index contributed by atoms with van der Waals surface area (Å²) in [7, 11) is 1.79. The van der Waals surface area contributed by atoms with Gasteiger partial charge in [-0.25, -0.2) is 0 Å². The molecule has 0 atom stereocenters. The van der Waals surface area contributed by atoms with E-state index in [4.69, 9.17) is 16.3 Å². The van der Waals surface area contributed by atoms with Crippen LogP contribution in [0.25, 0.3) is 0 Å². The molecule has 0 saturated heterocycles. The number of amides is 2. The van der Waals surface area contributed by atoms with Crippen LogP contribution in [0.4, 0.5) is 5.69 Å². The highest BCUT2D eigenvalue weighted by atomic mass is 35.5. The number of likely N-dealkylation sites (N-methyl/N-ethyl adjacent to an activating group) is 1. The molecule has 0 aromatic heterocycles. The summed E-state index contributed by atoms with van der Waals surface area (Å²) in [6.45, 7) is 5.66. The Morgan fingerprint density at radius 3 is 2.46 bits per heavy atom. The van der Waals surface area contributed by atoms with Crippen LogP contribution in [0.15, 0.2) is 18.2 Å². The van der Waals surface area contributed by atoms with Crippen LogP contribution >= 0.6 is 24.0 Å². The second kappa shape index (κ2) is 11.9. The Bertz CT molecular complexity index is 537. The minimum absolute atomic E-state index is 0. The van der Waals surface area contributed by atoms with E-state index in [-0.39, 0.29) is 30.8 Å². The Labute approximate surface area is 154 Å². The van der Waals surface area contributed by atoms with Gasteiger partial charge in [-0.05, 0) is 39.1 Å². The number of nitrogens with one attached hydrogen (secondary N) is 2. The molecule has 2 amide bonds. The molecule has 6 nitrogen and oxygen atoms in total. The number of benzene rings is 1. The summed E-state index contributed by atoms with van der Waals surface area (Å²) in [6.07, 6.45) is 0.380. The molecule has 0 aliphatic carbocycles. The summed E-state index contributed by atoms with van der Waals surface area (Å²) in [6, 6.07) is 4.95. The van der Waals surface area contributed by atoms with Crippen LogP contribution in [0, 0.1) is 0 Å². The van der Waals surface area contributed by atoms with Crippen LogP contribution in [0.3, 0.4) is 0 Å². The van der Waals surface area contributed by atoms with Crippen molar-refractivity contribution < 1.29 is 14.3 Å². The van der Waals surface area contributed by atoms with Crippen molar-refractivity contribution in [3.63, 3.8) is 0 Å². The van der Waals surface area contributed by atoms with Gasteiger partial charge in [-0.3, -0.25) is 9.59 Å². The van der Waals surface area contributed by atoms with E-state index < -0.39 is 0 Å². The highest BCUT2D eigenvalue weighted by Crippen LogP contribution is 2.27. The quantitative estimate of drug-likeness (QED) is 0.693. The van der Waals surface area contributed by atoms with Crippen molar-refractivity contribution in [2.24, 2.45) is 0 Å². The number of hydrogen-bond acceptors (Lipinski definition) is 4. The van der Waals surface area contributed by atoms with Crippen LogP contribution in [-0.4, -0.2) is 50.0 Å². The van der Waals surface area contributed by atoms with Gasteiger partial charge in [0.2, 0.25) is 5.91 Å². The largest absolute Gasteiger partial charge is 0.482 e. The first kappa shape index (κ1) is 22.5. The predicted octanol–water partition coefficient (Wildman–Crippen LogP) is 2.56. The maximum Gasteiger partial charge on any atom is 0.260 e. The Morgan fingerprint density at radius 2 is 1.92 bits per heavy atom. The molecule has 0 unspecified atom stereocenters. The third kappa shape index (κ3) is 7.38. The molecule has 1 rings (SSSR count). The fraction of sp³-hybridized carbons (Fsp3) is 0.500. The van der Waals surface area contributed by atoms with E-state index in [1.807, 2.05) is 13.8 Å². The van der Waals surface area contributed by atoms with Crippen molar-refractivity contribution in [2.75, 3.05) is 38.6 Å². The van der Waals surface area contributed by atoms with Gasteiger partial charge in [0.15, 0.2) is 6.61 Å². The minimum atomic E-state index is -0.0965. The number of anilines is 1. The van der Waals surface area contributed by atoms with Crippen LogP contribution in [0.1, 0.15) is 20.3 Å². The normalized spacial score (nSPS) is 9.83. The lowest BCUT2D eigenvalue weighted by Gasteiger charge is -2.19. The summed E-state index contributed by atoms with van der Waals surface area (Å²) in [5, 5.41) is 6.01. The number of hydrogen-bond donors (Lipinski definition) is 2. The van der Waals surface area contributed by atoms with Crippen LogP contribution in [0.5, 0.6) is 5.75 Å². The van der Waals surface area contributed by atoms with Crippen LogP contribution in [-0.2, 0) is 9.59 Å². The topological polar surface area (TPSA) is 70.7 Å². The molecular weight excluding hydrogens is 353 g/mol. The molecule has 0 bridgehead atoms. The Hall–Kier alpha value is -1.50. The molecule has 0 saturated carbocycles. The molecule has 1 aromatic rings. The van der Waals surface area contributed by atoms with E-state index in [1.54, 1.807) is 30.1 Å². The van der Waals surface area contributed by atoms with Gasteiger partial charge in [-0.1, -0.05) is 11.6 Å². The van der Waals surface area contributed by atoms with Crippen molar-refractivity contribution in [3.8, 4) is 5.75 Å². The first-order chi connectivity index (χ1) is 11.0. The van der Waals surface area contributed by atoms with Gasteiger partial charge in [-0.15, -0.1) is 12.4 Å². The molecule has 0 aliphatic heterocycles. The third-order valence-electron chi connectivity index (χ3n) is 3.28. The van der Waals surface area contributed by atoms with E-state index in [0.29, 0.717) is 42.5 Å². The summed E-state index contributed by atoms with van der Waals surface area (Å²) in [5.41, 5.74) is 0.596. The van der Waals surface area contributed by atoms with Gasteiger partial charge in [0.25, 0.3) is 5.91 Å². The highest BCUT2D eigenvalue weighted by molar-refractivity contribution is 6.32. The number of carbonyl (C=O) groups is 2. The first-order valence-electron chi connectivity index (χ1n) is 7.66. The lowest BCUT2D eigenvalue weighted by atomic mass is 10.3. The molecule has 136 valence electrons. The third-order valence-corrected chi connectivity index (χ3v) is 3.58. The highest BCUT2D eigenvalue weighted by Gasteiger charge is 2.12. The summed E-state index contributed by atoms with van der Waals surface area (Å²) < 4.78 is 5.46. The summed E-state index contributed by atoms with van der Waals surface area (Å²) in [4.78, 5) is 25.2. The predicted molar refractivity (Wildman–Crippen MR) is 99.3 cm³/mol. The fourth-order valence-corrected chi connectivity index (χ4v) is 2.20. The maximum atomic E-state index is 11.9. The molecule has 1 aromatic carbocycles. The fourth-order valence-electron chi connectivity index (χ4n) is 1.96. The number of rotatable bonds is 9. The second-order valence-electron chi connectivity index (χ2n) is 4.90. The standard InChI is InChI=1S/C16H24ClN3O3.ClH/c1-4-20(5-2)16(22)11-23-14-7-6-12(10-13(14)17)19-15(21)8-9-18-3;/h6-7,10,18H,4-5,8-9,11H2,1-3H3,(H,19,21);1H. The zero-order valence-corrected chi connectivity index (χ0v) is 15.8. The molecule has 0 heterocycles. The van der Waals surface area contributed by atoms with E-state index in [1.165, 1.54) is 0 Å².